The molecular weight excluding hydrogens is 408 g/mol. The highest BCUT2D eigenvalue weighted by molar-refractivity contribution is 5.83. The number of aryl methyl sites for hydroxylation is 1. The number of amides is 1. The summed E-state index contributed by atoms with van der Waals surface area (Å²) < 4.78 is 16.2. The first kappa shape index (κ1) is 22.8. The average molecular weight is 443 g/mol. The summed E-state index contributed by atoms with van der Waals surface area (Å²) >= 11 is 0. The molecule has 1 aromatic carbocycles. The predicted molar refractivity (Wildman–Crippen MR) is 123 cm³/mol. The number of morpholine rings is 1. The van der Waals surface area contributed by atoms with E-state index < -0.39 is 0 Å². The number of ether oxygens (including phenoxy) is 2. The molecular formula is C25H34N2O5. The van der Waals surface area contributed by atoms with E-state index in [1.807, 2.05) is 19.1 Å². The molecule has 1 saturated carbocycles. The van der Waals surface area contributed by atoms with Gasteiger partial charge in [-0.25, -0.2) is 4.79 Å². The molecule has 0 bridgehead atoms. The van der Waals surface area contributed by atoms with E-state index in [1.165, 1.54) is 12.8 Å². The molecule has 0 radical (unpaired) electrons. The molecule has 4 rings (SSSR count). The predicted octanol–water partition coefficient (Wildman–Crippen LogP) is 3.15. The fourth-order valence-electron chi connectivity index (χ4n) is 4.97. The Labute approximate surface area is 189 Å². The van der Waals surface area contributed by atoms with Crippen LogP contribution in [0.15, 0.2) is 27.4 Å². The molecule has 174 valence electrons. The van der Waals surface area contributed by atoms with Crippen molar-refractivity contribution in [3.63, 3.8) is 0 Å². The topological polar surface area (TPSA) is 72.2 Å². The van der Waals surface area contributed by atoms with E-state index in [0.717, 1.165) is 63.2 Å². The molecule has 0 spiro atoms. The molecule has 2 aliphatic rings. The van der Waals surface area contributed by atoms with Gasteiger partial charge in [-0.15, -0.1) is 0 Å². The third-order valence-electron chi connectivity index (χ3n) is 6.93. The molecule has 1 aromatic heterocycles. The SMILES string of the molecule is COc1ccc2c(C)c(CCC(=O)N(CCN3CCOCC3)C3CCCC3)c(=O)oc2c1. The number of carbonyl (C=O) groups excluding carboxylic acids is 1. The van der Waals surface area contributed by atoms with E-state index in [0.29, 0.717) is 35.8 Å². The number of nitrogens with zero attached hydrogens (tertiary/aromatic N) is 2. The van der Waals surface area contributed by atoms with Crippen LogP contribution in [0.1, 0.15) is 43.2 Å². The number of rotatable bonds is 8. The van der Waals surface area contributed by atoms with Crippen molar-refractivity contribution in [2.75, 3.05) is 46.5 Å². The van der Waals surface area contributed by atoms with E-state index in [2.05, 4.69) is 9.80 Å². The normalized spacial score (nSPS) is 17.7. The number of fused-ring (bicyclic) bond motifs is 1. The van der Waals surface area contributed by atoms with Gasteiger partial charge in [0.15, 0.2) is 0 Å². The van der Waals surface area contributed by atoms with Gasteiger partial charge in [-0.2, -0.15) is 0 Å². The molecule has 0 unspecified atom stereocenters. The Morgan fingerprint density at radius 1 is 1.22 bits per heavy atom. The molecule has 1 aliphatic heterocycles. The van der Waals surface area contributed by atoms with Crippen molar-refractivity contribution in [2.45, 2.75) is 51.5 Å². The van der Waals surface area contributed by atoms with Crippen LogP contribution in [0.5, 0.6) is 5.75 Å². The van der Waals surface area contributed by atoms with Gasteiger partial charge < -0.3 is 18.8 Å². The molecule has 2 fully saturated rings. The molecule has 7 heteroatoms. The fourth-order valence-corrected chi connectivity index (χ4v) is 4.97. The number of hydrogen-bond acceptors (Lipinski definition) is 6. The molecule has 0 atom stereocenters. The third kappa shape index (κ3) is 5.15. The second kappa shape index (κ2) is 10.5. The van der Waals surface area contributed by atoms with Gasteiger partial charge in [0, 0.05) is 55.7 Å². The highest BCUT2D eigenvalue weighted by Gasteiger charge is 2.27. The van der Waals surface area contributed by atoms with Crippen molar-refractivity contribution in [2.24, 2.45) is 0 Å². The second-order valence-electron chi connectivity index (χ2n) is 8.83. The van der Waals surface area contributed by atoms with Crippen LogP contribution in [-0.4, -0.2) is 68.3 Å². The summed E-state index contributed by atoms with van der Waals surface area (Å²) in [4.78, 5) is 30.4. The lowest BCUT2D eigenvalue weighted by Gasteiger charge is -2.33. The Morgan fingerprint density at radius 2 is 1.97 bits per heavy atom. The molecule has 2 aromatic rings. The number of carbonyl (C=O) groups is 1. The highest BCUT2D eigenvalue weighted by atomic mass is 16.5. The van der Waals surface area contributed by atoms with Gasteiger partial charge in [-0.3, -0.25) is 9.69 Å². The van der Waals surface area contributed by atoms with E-state index in [-0.39, 0.29) is 11.5 Å². The van der Waals surface area contributed by atoms with Crippen molar-refractivity contribution < 1.29 is 18.7 Å². The molecule has 0 N–H and O–H groups in total. The van der Waals surface area contributed by atoms with Crippen LogP contribution in [0.25, 0.3) is 11.0 Å². The number of methoxy groups -OCH3 is 1. The molecule has 1 saturated heterocycles. The van der Waals surface area contributed by atoms with Crippen molar-refractivity contribution in [3.8, 4) is 5.75 Å². The number of hydrogen-bond donors (Lipinski definition) is 0. The lowest BCUT2D eigenvalue weighted by Crippen LogP contribution is -2.46. The zero-order chi connectivity index (χ0) is 22.5. The zero-order valence-electron chi connectivity index (χ0n) is 19.2. The summed E-state index contributed by atoms with van der Waals surface area (Å²) in [5, 5.41) is 0.882. The molecule has 32 heavy (non-hydrogen) atoms. The van der Waals surface area contributed by atoms with Gasteiger partial charge >= 0.3 is 5.63 Å². The summed E-state index contributed by atoms with van der Waals surface area (Å²) in [6.07, 6.45) is 5.25. The Kier molecular flexibility index (Phi) is 7.48. The van der Waals surface area contributed by atoms with Gasteiger partial charge in [0.05, 0.1) is 20.3 Å². The summed E-state index contributed by atoms with van der Waals surface area (Å²) in [5.41, 5.74) is 1.62. The minimum absolute atomic E-state index is 0.138. The number of benzene rings is 1. The van der Waals surface area contributed by atoms with Crippen molar-refractivity contribution >= 4 is 16.9 Å². The van der Waals surface area contributed by atoms with E-state index in [4.69, 9.17) is 13.9 Å². The molecule has 7 nitrogen and oxygen atoms in total. The maximum Gasteiger partial charge on any atom is 0.339 e. The summed E-state index contributed by atoms with van der Waals surface area (Å²) in [5.74, 6) is 0.786. The molecule has 1 amide bonds. The summed E-state index contributed by atoms with van der Waals surface area (Å²) in [7, 11) is 1.58. The molecule has 2 heterocycles. The summed E-state index contributed by atoms with van der Waals surface area (Å²) in [6.45, 7) is 6.93. The molecule has 1 aliphatic carbocycles. The van der Waals surface area contributed by atoms with Crippen LogP contribution in [0.2, 0.25) is 0 Å². The van der Waals surface area contributed by atoms with Gasteiger partial charge in [0.25, 0.3) is 0 Å². The maximum absolute atomic E-state index is 13.3. The minimum atomic E-state index is -0.364. The van der Waals surface area contributed by atoms with Gasteiger partial charge in [0.1, 0.15) is 11.3 Å². The maximum atomic E-state index is 13.3. The summed E-state index contributed by atoms with van der Waals surface area (Å²) in [6, 6.07) is 5.82. The first-order valence-electron chi connectivity index (χ1n) is 11.8. The Balaban J connectivity index is 1.46. The van der Waals surface area contributed by atoms with Gasteiger partial charge in [-0.1, -0.05) is 12.8 Å². The van der Waals surface area contributed by atoms with Crippen LogP contribution < -0.4 is 10.4 Å². The first-order chi connectivity index (χ1) is 15.6. The van der Waals surface area contributed by atoms with Crippen LogP contribution in [-0.2, 0) is 16.0 Å². The van der Waals surface area contributed by atoms with E-state index in [1.54, 1.807) is 13.2 Å². The average Bonchev–Trinajstić information content (AvgIpc) is 3.34. The van der Waals surface area contributed by atoms with E-state index in [9.17, 15) is 9.59 Å². The van der Waals surface area contributed by atoms with E-state index >= 15 is 0 Å². The Bertz CT molecular complexity index is 990. The second-order valence-corrected chi connectivity index (χ2v) is 8.83. The van der Waals surface area contributed by atoms with Gasteiger partial charge in [0.2, 0.25) is 5.91 Å². The minimum Gasteiger partial charge on any atom is -0.497 e. The first-order valence-corrected chi connectivity index (χ1v) is 11.8. The van der Waals surface area contributed by atoms with Crippen molar-refractivity contribution in [1.29, 1.82) is 0 Å². The van der Waals surface area contributed by atoms with Gasteiger partial charge in [-0.05, 0) is 43.9 Å². The largest absolute Gasteiger partial charge is 0.497 e. The van der Waals surface area contributed by atoms with Crippen LogP contribution in [0.3, 0.4) is 0 Å². The standard InChI is InChI=1S/C25H34N2O5/c1-18-21-8-7-20(30-2)17-23(21)32-25(29)22(18)9-10-24(28)27(19-5-3-4-6-19)12-11-26-13-15-31-16-14-26/h7-8,17,19H,3-6,9-16H2,1-2H3. The third-order valence-corrected chi connectivity index (χ3v) is 6.93. The van der Waals surface area contributed by atoms with Crippen molar-refractivity contribution in [1.82, 2.24) is 9.80 Å². The lowest BCUT2D eigenvalue weighted by atomic mass is 10.0. The van der Waals surface area contributed by atoms with Crippen molar-refractivity contribution in [3.05, 3.63) is 39.7 Å². The smallest absolute Gasteiger partial charge is 0.339 e. The van der Waals surface area contributed by atoms with Crippen LogP contribution in [0, 0.1) is 6.92 Å². The monoisotopic (exact) mass is 442 g/mol. The van der Waals surface area contributed by atoms with Crippen LogP contribution >= 0.6 is 0 Å². The highest BCUT2D eigenvalue weighted by Crippen LogP contribution is 2.26. The Hall–Kier alpha value is -2.38. The quantitative estimate of drug-likeness (QED) is 0.585. The zero-order valence-corrected chi connectivity index (χ0v) is 19.2. The lowest BCUT2D eigenvalue weighted by molar-refractivity contribution is -0.133. The Morgan fingerprint density at radius 3 is 2.69 bits per heavy atom. The van der Waals surface area contributed by atoms with Crippen LogP contribution in [0.4, 0.5) is 0 Å². The fraction of sp³-hybridized carbons (Fsp3) is 0.600.